The van der Waals surface area contributed by atoms with Gasteiger partial charge < -0.3 is 4.42 Å². The zero-order valence-corrected chi connectivity index (χ0v) is 24.7. The van der Waals surface area contributed by atoms with Crippen LogP contribution in [0, 0.1) is 6.92 Å². The normalized spacial score (nSPS) is 12.2. The maximum absolute atomic E-state index is 6.86. The van der Waals surface area contributed by atoms with E-state index in [9.17, 15) is 0 Å². The van der Waals surface area contributed by atoms with Gasteiger partial charge in [0.2, 0.25) is 0 Å². The summed E-state index contributed by atoms with van der Waals surface area (Å²) in [4.78, 5) is 5.35. The highest BCUT2D eigenvalue weighted by Gasteiger charge is 2.26. The van der Waals surface area contributed by atoms with Crippen LogP contribution in [-0.2, 0) is 6.42 Å². The first-order chi connectivity index (χ1) is 19.9. The van der Waals surface area contributed by atoms with E-state index in [0.29, 0.717) is 11.8 Å². The molecule has 0 aliphatic carbocycles. The Morgan fingerprint density at radius 2 is 1.39 bits per heavy atom. The van der Waals surface area contributed by atoms with Crippen molar-refractivity contribution in [2.24, 2.45) is 0 Å². The third kappa shape index (κ3) is 3.90. The highest BCUT2D eigenvalue weighted by atomic mass is 16.3. The van der Waals surface area contributed by atoms with E-state index in [2.05, 4.69) is 131 Å². The molecule has 0 fully saturated rings. The molecule has 7 aromatic rings. The number of fused-ring (bicyclic) bond motifs is 6. The Hall–Kier alpha value is -4.37. The van der Waals surface area contributed by atoms with Gasteiger partial charge >= 0.3 is 0 Å². The second-order valence-corrected chi connectivity index (χ2v) is 11.9. The molecule has 0 atom stereocenters. The van der Waals surface area contributed by atoms with Crippen molar-refractivity contribution in [1.29, 1.82) is 0 Å². The fourth-order valence-corrected chi connectivity index (χ4v) is 6.45. The van der Waals surface area contributed by atoms with Crippen LogP contribution in [0.2, 0.25) is 0 Å². The van der Waals surface area contributed by atoms with Gasteiger partial charge in [0.05, 0.1) is 22.3 Å². The lowest BCUT2D eigenvalue weighted by molar-refractivity contribution is 0.672. The SMILES string of the molecule is CCc1cc(C(C)C)c(-n2c(-c3c(C)ccc4c3oc3c5ccccc5ccc43)nc3ccccc32)c(C(C)C)c1. The summed E-state index contributed by atoms with van der Waals surface area (Å²) in [5.74, 6) is 1.65. The van der Waals surface area contributed by atoms with Crippen LogP contribution >= 0.6 is 0 Å². The Labute approximate surface area is 241 Å². The molecule has 41 heavy (non-hydrogen) atoms. The molecule has 3 heteroatoms. The van der Waals surface area contributed by atoms with Crippen molar-refractivity contribution < 1.29 is 4.42 Å². The third-order valence-electron chi connectivity index (χ3n) is 8.63. The fraction of sp³-hybridized carbons (Fsp3) is 0.237. The van der Waals surface area contributed by atoms with E-state index in [1.54, 1.807) is 0 Å². The van der Waals surface area contributed by atoms with E-state index < -0.39 is 0 Å². The van der Waals surface area contributed by atoms with Crippen molar-refractivity contribution >= 4 is 43.7 Å². The summed E-state index contributed by atoms with van der Waals surface area (Å²) in [5, 5.41) is 4.58. The number of aromatic nitrogens is 2. The van der Waals surface area contributed by atoms with Gasteiger partial charge in [-0.3, -0.25) is 4.57 Å². The first kappa shape index (κ1) is 25.6. The van der Waals surface area contributed by atoms with Gasteiger partial charge in [0.25, 0.3) is 0 Å². The lowest BCUT2D eigenvalue weighted by Crippen LogP contribution is -2.10. The highest BCUT2D eigenvalue weighted by Crippen LogP contribution is 2.43. The molecule has 0 saturated heterocycles. The van der Waals surface area contributed by atoms with Crippen LogP contribution in [0.25, 0.3) is 60.8 Å². The number of hydrogen-bond donors (Lipinski definition) is 0. The maximum atomic E-state index is 6.86. The van der Waals surface area contributed by atoms with Gasteiger partial charge in [0.1, 0.15) is 17.0 Å². The fourth-order valence-electron chi connectivity index (χ4n) is 6.45. The second kappa shape index (κ2) is 9.62. The molecule has 2 aromatic heterocycles. The van der Waals surface area contributed by atoms with Crippen molar-refractivity contribution in [3.05, 3.63) is 107 Å². The molecule has 0 unspecified atom stereocenters. The van der Waals surface area contributed by atoms with Gasteiger partial charge in [-0.2, -0.15) is 0 Å². The van der Waals surface area contributed by atoms with Crippen LogP contribution in [-0.4, -0.2) is 9.55 Å². The van der Waals surface area contributed by atoms with Crippen molar-refractivity contribution in [3.63, 3.8) is 0 Å². The van der Waals surface area contributed by atoms with Crippen LogP contribution in [0.15, 0.2) is 89.3 Å². The number of para-hydroxylation sites is 2. The van der Waals surface area contributed by atoms with Crippen molar-refractivity contribution in [2.75, 3.05) is 0 Å². The Bertz CT molecular complexity index is 2080. The van der Waals surface area contributed by atoms with Crippen molar-refractivity contribution in [3.8, 4) is 17.1 Å². The zero-order valence-electron chi connectivity index (χ0n) is 24.7. The predicted molar refractivity (Wildman–Crippen MR) is 174 cm³/mol. The summed E-state index contributed by atoms with van der Waals surface area (Å²) in [5.41, 5.74) is 11.5. The quantitative estimate of drug-likeness (QED) is 0.219. The van der Waals surface area contributed by atoms with Crippen LogP contribution in [0.5, 0.6) is 0 Å². The number of aryl methyl sites for hydroxylation is 2. The second-order valence-electron chi connectivity index (χ2n) is 11.9. The van der Waals surface area contributed by atoms with E-state index in [4.69, 9.17) is 9.40 Å². The first-order valence-corrected chi connectivity index (χ1v) is 14.9. The molecule has 0 N–H and O–H groups in total. The summed E-state index contributed by atoms with van der Waals surface area (Å²) in [6, 6.07) is 30.6. The molecule has 0 spiro atoms. The summed E-state index contributed by atoms with van der Waals surface area (Å²) >= 11 is 0. The van der Waals surface area contributed by atoms with Crippen LogP contribution in [0.1, 0.15) is 68.7 Å². The summed E-state index contributed by atoms with van der Waals surface area (Å²) < 4.78 is 9.28. The third-order valence-corrected chi connectivity index (χ3v) is 8.63. The summed E-state index contributed by atoms with van der Waals surface area (Å²) in [6.45, 7) is 13.6. The monoisotopic (exact) mass is 536 g/mol. The molecule has 0 aliphatic rings. The molecule has 0 aliphatic heterocycles. The van der Waals surface area contributed by atoms with Gasteiger partial charge in [0, 0.05) is 16.2 Å². The van der Waals surface area contributed by atoms with Gasteiger partial charge in [-0.1, -0.05) is 101 Å². The molecule has 0 radical (unpaired) electrons. The average Bonchev–Trinajstić information content (AvgIpc) is 3.54. The van der Waals surface area contributed by atoms with E-state index in [1.165, 1.54) is 27.8 Å². The molecule has 0 bridgehead atoms. The molecular weight excluding hydrogens is 500 g/mol. The molecular formula is C38H36N2O. The van der Waals surface area contributed by atoms with Crippen LogP contribution in [0.4, 0.5) is 0 Å². The minimum absolute atomic E-state index is 0.359. The zero-order chi connectivity index (χ0) is 28.4. The lowest BCUT2D eigenvalue weighted by atomic mass is 9.89. The van der Waals surface area contributed by atoms with Gasteiger partial charge in [-0.05, 0) is 71.0 Å². The number of benzene rings is 5. The summed E-state index contributed by atoms with van der Waals surface area (Å²) in [7, 11) is 0. The minimum Gasteiger partial charge on any atom is -0.455 e. The maximum Gasteiger partial charge on any atom is 0.149 e. The Kier molecular flexibility index (Phi) is 6.01. The predicted octanol–water partition coefficient (Wildman–Crippen LogP) is 10.9. The van der Waals surface area contributed by atoms with Gasteiger partial charge in [-0.15, -0.1) is 0 Å². The number of nitrogens with zero attached hydrogens (tertiary/aromatic N) is 2. The highest BCUT2D eigenvalue weighted by molar-refractivity contribution is 6.17. The van der Waals surface area contributed by atoms with E-state index in [1.807, 2.05) is 0 Å². The largest absolute Gasteiger partial charge is 0.455 e. The standard InChI is InChI=1S/C38H36N2O/c1-7-25-20-30(22(2)3)35(31(21-25)23(4)5)40-33-15-11-10-14-32(33)39-38(40)34-24(6)16-18-29-28-19-17-26-12-8-9-13-27(26)36(28)41-37(29)34/h8-23H,7H2,1-6H3. The van der Waals surface area contributed by atoms with Crippen LogP contribution in [0.3, 0.4) is 0 Å². The topological polar surface area (TPSA) is 31.0 Å². The number of hydrogen-bond acceptors (Lipinski definition) is 2. The molecule has 0 amide bonds. The molecule has 5 aromatic carbocycles. The number of rotatable bonds is 5. The number of furan rings is 1. The van der Waals surface area contributed by atoms with Crippen molar-refractivity contribution in [2.45, 2.75) is 59.8 Å². The molecule has 204 valence electrons. The van der Waals surface area contributed by atoms with E-state index in [-0.39, 0.29) is 0 Å². The summed E-state index contributed by atoms with van der Waals surface area (Å²) in [6.07, 6.45) is 1.02. The van der Waals surface area contributed by atoms with Crippen LogP contribution < -0.4 is 0 Å². The van der Waals surface area contributed by atoms with Crippen molar-refractivity contribution in [1.82, 2.24) is 9.55 Å². The minimum atomic E-state index is 0.359. The number of imidazole rings is 1. The molecule has 3 nitrogen and oxygen atoms in total. The van der Waals surface area contributed by atoms with Gasteiger partial charge in [-0.25, -0.2) is 4.98 Å². The smallest absolute Gasteiger partial charge is 0.149 e. The molecule has 0 saturated carbocycles. The Morgan fingerprint density at radius 3 is 2.12 bits per heavy atom. The van der Waals surface area contributed by atoms with Gasteiger partial charge in [0.15, 0.2) is 0 Å². The van der Waals surface area contributed by atoms with E-state index in [0.717, 1.165) is 61.7 Å². The average molecular weight is 537 g/mol. The first-order valence-electron chi connectivity index (χ1n) is 14.9. The molecule has 7 rings (SSSR count). The Balaban J connectivity index is 1.64. The Morgan fingerprint density at radius 1 is 0.732 bits per heavy atom. The molecule has 2 heterocycles. The van der Waals surface area contributed by atoms with E-state index >= 15 is 0 Å². The lowest BCUT2D eigenvalue weighted by Gasteiger charge is -2.24.